The van der Waals surface area contributed by atoms with Crippen molar-refractivity contribution in [2.75, 3.05) is 7.11 Å². The van der Waals surface area contributed by atoms with Crippen molar-refractivity contribution in [3.05, 3.63) is 11.6 Å². The van der Waals surface area contributed by atoms with Crippen molar-refractivity contribution in [1.82, 2.24) is 0 Å². The molecule has 3 heteroatoms. The lowest BCUT2D eigenvalue weighted by atomic mass is 9.90. The minimum absolute atomic E-state index is 0.00167. The third kappa shape index (κ3) is 3.94. The number of hydrogen-bond acceptors (Lipinski definition) is 3. The van der Waals surface area contributed by atoms with Gasteiger partial charge in [0.15, 0.2) is 0 Å². The predicted molar refractivity (Wildman–Crippen MR) is 58.7 cm³/mol. The van der Waals surface area contributed by atoms with Gasteiger partial charge in [-0.1, -0.05) is 18.6 Å². The summed E-state index contributed by atoms with van der Waals surface area (Å²) in [4.78, 5) is 11.0. The number of rotatable bonds is 1. The Hall–Kier alpha value is -0.990. The van der Waals surface area contributed by atoms with Gasteiger partial charge < -0.3 is 9.47 Å². The molecular formula is C12H20O3. The molecule has 2 atom stereocenters. The van der Waals surface area contributed by atoms with Gasteiger partial charge in [0, 0.05) is 0 Å². The van der Waals surface area contributed by atoms with E-state index in [-0.39, 0.29) is 6.10 Å². The van der Waals surface area contributed by atoms with Gasteiger partial charge in [0.05, 0.1) is 7.11 Å². The predicted octanol–water partition coefficient (Wildman–Crippen LogP) is 3.29. The van der Waals surface area contributed by atoms with E-state index in [4.69, 9.17) is 4.74 Å². The van der Waals surface area contributed by atoms with Crippen molar-refractivity contribution in [3.8, 4) is 0 Å². The van der Waals surface area contributed by atoms with Crippen molar-refractivity contribution < 1.29 is 14.3 Å². The molecule has 2 unspecified atom stereocenters. The van der Waals surface area contributed by atoms with Gasteiger partial charge in [-0.2, -0.15) is 0 Å². The standard InChI is InChI=1S/C12H20O3/c1-9-5-4-6-11(10(2)8-7-9)15-12(13)14-3/h5,10-11H,4,6-8H2,1-3H3. The number of hydrogen-bond donors (Lipinski definition) is 0. The SMILES string of the molecule is COC(=O)OC1CCC=C(C)CCC1C. The van der Waals surface area contributed by atoms with Crippen LogP contribution in [0.3, 0.4) is 0 Å². The van der Waals surface area contributed by atoms with Gasteiger partial charge >= 0.3 is 6.16 Å². The van der Waals surface area contributed by atoms with Gasteiger partial charge in [-0.3, -0.25) is 0 Å². The second-order valence-corrected chi connectivity index (χ2v) is 4.25. The summed E-state index contributed by atoms with van der Waals surface area (Å²) in [6.07, 6.45) is 5.73. The van der Waals surface area contributed by atoms with Crippen molar-refractivity contribution in [3.63, 3.8) is 0 Å². The topological polar surface area (TPSA) is 35.5 Å². The molecule has 0 N–H and O–H groups in total. The van der Waals surface area contributed by atoms with Gasteiger partial charge in [-0.05, 0) is 38.5 Å². The molecule has 1 aliphatic carbocycles. The Labute approximate surface area is 91.4 Å². The minimum atomic E-state index is -0.562. The van der Waals surface area contributed by atoms with Crippen LogP contribution in [0.4, 0.5) is 4.79 Å². The zero-order valence-electron chi connectivity index (χ0n) is 9.79. The summed E-state index contributed by atoms with van der Waals surface area (Å²) in [5.74, 6) is 0.410. The summed E-state index contributed by atoms with van der Waals surface area (Å²) < 4.78 is 9.75. The van der Waals surface area contributed by atoms with Crippen LogP contribution in [-0.2, 0) is 9.47 Å². The fraction of sp³-hybridized carbons (Fsp3) is 0.750. The van der Waals surface area contributed by atoms with Crippen molar-refractivity contribution in [1.29, 1.82) is 0 Å². The van der Waals surface area contributed by atoms with Gasteiger partial charge in [-0.15, -0.1) is 0 Å². The number of methoxy groups -OCH3 is 1. The molecule has 86 valence electrons. The van der Waals surface area contributed by atoms with E-state index in [0.29, 0.717) is 5.92 Å². The van der Waals surface area contributed by atoms with Crippen molar-refractivity contribution in [2.24, 2.45) is 5.92 Å². The van der Waals surface area contributed by atoms with Crippen LogP contribution in [0, 0.1) is 5.92 Å². The Morgan fingerprint density at radius 1 is 1.47 bits per heavy atom. The molecule has 0 fully saturated rings. The van der Waals surface area contributed by atoms with E-state index in [1.807, 2.05) is 0 Å². The molecule has 0 aromatic heterocycles. The number of carbonyl (C=O) groups is 1. The van der Waals surface area contributed by atoms with Crippen LogP contribution in [0.2, 0.25) is 0 Å². The largest absolute Gasteiger partial charge is 0.508 e. The van der Waals surface area contributed by atoms with Gasteiger partial charge in [0.2, 0.25) is 0 Å². The number of ether oxygens (including phenoxy) is 2. The second-order valence-electron chi connectivity index (χ2n) is 4.25. The zero-order chi connectivity index (χ0) is 11.3. The van der Waals surface area contributed by atoms with Crippen LogP contribution in [-0.4, -0.2) is 19.4 Å². The Kier molecular flexibility index (Phi) is 4.66. The highest BCUT2D eigenvalue weighted by Crippen LogP contribution is 2.24. The minimum Gasteiger partial charge on any atom is -0.438 e. The Bertz CT molecular complexity index is 245. The first-order valence-corrected chi connectivity index (χ1v) is 5.53. The first kappa shape index (κ1) is 12.1. The van der Waals surface area contributed by atoms with Crippen LogP contribution in [0.25, 0.3) is 0 Å². The second kappa shape index (κ2) is 5.79. The highest BCUT2D eigenvalue weighted by Gasteiger charge is 2.22. The molecule has 0 radical (unpaired) electrons. The first-order valence-electron chi connectivity index (χ1n) is 5.53. The van der Waals surface area contributed by atoms with E-state index in [1.165, 1.54) is 12.7 Å². The molecule has 0 aromatic carbocycles. The van der Waals surface area contributed by atoms with E-state index in [0.717, 1.165) is 25.7 Å². The van der Waals surface area contributed by atoms with E-state index in [9.17, 15) is 4.79 Å². The van der Waals surface area contributed by atoms with Gasteiger partial charge in [0.1, 0.15) is 6.10 Å². The molecule has 0 spiro atoms. The average molecular weight is 212 g/mol. The molecule has 15 heavy (non-hydrogen) atoms. The molecule has 0 saturated heterocycles. The molecular weight excluding hydrogens is 192 g/mol. The van der Waals surface area contributed by atoms with E-state index < -0.39 is 6.16 Å². The smallest absolute Gasteiger partial charge is 0.438 e. The maximum absolute atomic E-state index is 11.0. The molecule has 1 rings (SSSR count). The third-order valence-electron chi connectivity index (χ3n) is 2.99. The van der Waals surface area contributed by atoms with E-state index in [2.05, 4.69) is 24.7 Å². The normalized spacial score (nSPS) is 27.3. The quantitative estimate of drug-likeness (QED) is 0.494. The monoisotopic (exact) mass is 212 g/mol. The van der Waals surface area contributed by atoms with Crippen LogP contribution < -0.4 is 0 Å². The molecule has 0 aromatic rings. The lowest BCUT2D eigenvalue weighted by Crippen LogP contribution is -2.26. The molecule has 1 aliphatic rings. The zero-order valence-corrected chi connectivity index (χ0v) is 9.79. The lowest BCUT2D eigenvalue weighted by molar-refractivity contribution is 0.0107. The van der Waals surface area contributed by atoms with E-state index >= 15 is 0 Å². The van der Waals surface area contributed by atoms with E-state index in [1.54, 1.807) is 0 Å². The molecule has 0 aliphatic heterocycles. The number of allylic oxidation sites excluding steroid dienone is 2. The Balaban J connectivity index is 2.52. The van der Waals surface area contributed by atoms with Gasteiger partial charge in [0.25, 0.3) is 0 Å². The molecule has 0 heterocycles. The summed E-state index contributed by atoms with van der Waals surface area (Å²) >= 11 is 0. The van der Waals surface area contributed by atoms with Gasteiger partial charge in [-0.25, -0.2) is 4.79 Å². The third-order valence-corrected chi connectivity index (χ3v) is 2.99. The summed E-state index contributed by atoms with van der Waals surface area (Å²) in [7, 11) is 1.35. The summed E-state index contributed by atoms with van der Waals surface area (Å²) in [6, 6.07) is 0. The Morgan fingerprint density at radius 3 is 2.87 bits per heavy atom. The van der Waals surface area contributed by atoms with Crippen LogP contribution in [0.15, 0.2) is 11.6 Å². The van der Waals surface area contributed by atoms with Crippen LogP contribution >= 0.6 is 0 Å². The molecule has 3 nitrogen and oxygen atoms in total. The molecule has 0 saturated carbocycles. The summed E-state index contributed by atoms with van der Waals surface area (Å²) in [5.41, 5.74) is 1.44. The maximum atomic E-state index is 11.0. The fourth-order valence-electron chi connectivity index (χ4n) is 1.87. The fourth-order valence-corrected chi connectivity index (χ4v) is 1.87. The first-order chi connectivity index (χ1) is 7.13. The van der Waals surface area contributed by atoms with Crippen LogP contribution in [0.1, 0.15) is 39.5 Å². The highest BCUT2D eigenvalue weighted by molar-refractivity contribution is 5.59. The summed E-state index contributed by atoms with van der Waals surface area (Å²) in [5, 5.41) is 0. The molecule has 0 amide bonds. The van der Waals surface area contributed by atoms with Crippen molar-refractivity contribution in [2.45, 2.75) is 45.6 Å². The average Bonchev–Trinajstić information content (AvgIpc) is 2.22. The number of carbonyl (C=O) groups excluding carboxylic acids is 1. The summed E-state index contributed by atoms with van der Waals surface area (Å²) in [6.45, 7) is 4.29. The Morgan fingerprint density at radius 2 is 2.20 bits per heavy atom. The maximum Gasteiger partial charge on any atom is 0.508 e. The van der Waals surface area contributed by atoms with Crippen molar-refractivity contribution >= 4 is 6.16 Å². The lowest BCUT2D eigenvalue weighted by Gasteiger charge is -2.25. The van der Waals surface area contributed by atoms with Crippen LogP contribution in [0.5, 0.6) is 0 Å². The molecule has 0 bridgehead atoms. The highest BCUT2D eigenvalue weighted by atomic mass is 16.7.